The molecule has 0 aliphatic heterocycles. The van der Waals surface area contributed by atoms with E-state index < -0.39 is 6.09 Å². The van der Waals surface area contributed by atoms with Crippen molar-refractivity contribution in [1.29, 1.82) is 5.41 Å². The van der Waals surface area contributed by atoms with Gasteiger partial charge in [0.15, 0.2) is 5.96 Å². The van der Waals surface area contributed by atoms with Gasteiger partial charge in [0.25, 0.3) is 5.91 Å². The molecule has 4 N–H and O–H groups in total. The number of carbonyl (C=O) groups is 2. The second-order valence-electron chi connectivity index (χ2n) is 8.17. The van der Waals surface area contributed by atoms with Gasteiger partial charge in [0.2, 0.25) is 0 Å². The third kappa shape index (κ3) is 6.25. The summed E-state index contributed by atoms with van der Waals surface area (Å²) in [5, 5.41) is 16.6. The average Bonchev–Trinajstić information content (AvgIpc) is 2.84. The van der Waals surface area contributed by atoms with Gasteiger partial charge < -0.3 is 20.1 Å². The fourth-order valence-corrected chi connectivity index (χ4v) is 4.36. The van der Waals surface area contributed by atoms with E-state index in [0.717, 1.165) is 25.7 Å². The van der Waals surface area contributed by atoms with E-state index in [1.165, 1.54) is 5.56 Å². The molecule has 1 fully saturated rings. The van der Waals surface area contributed by atoms with Crippen LogP contribution in [0.25, 0.3) is 0 Å². The fraction of sp³-hybridized carbons (Fsp3) is 0.400. The summed E-state index contributed by atoms with van der Waals surface area (Å²) >= 11 is 0. The Hall–Kier alpha value is -3.55. The van der Waals surface area contributed by atoms with Gasteiger partial charge in [-0.2, -0.15) is 0 Å². The molecule has 0 spiro atoms. The lowest BCUT2D eigenvalue weighted by atomic mass is 9.68. The molecule has 176 valence electrons. The van der Waals surface area contributed by atoms with E-state index in [1.54, 1.807) is 26.2 Å². The molecule has 0 unspecified atom stereocenters. The number of guanidine groups is 1. The van der Waals surface area contributed by atoms with Gasteiger partial charge in [-0.1, -0.05) is 42.5 Å². The van der Waals surface area contributed by atoms with Gasteiger partial charge in [0.1, 0.15) is 5.75 Å². The number of hydrogen-bond donors (Lipinski definition) is 4. The van der Waals surface area contributed by atoms with Gasteiger partial charge in [0, 0.05) is 18.0 Å². The molecule has 1 aliphatic carbocycles. The van der Waals surface area contributed by atoms with Crippen molar-refractivity contribution in [3.63, 3.8) is 0 Å². The van der Waals surface area contributed by atoms with Crippen molar-refractivity contribution in [2.24, 2.45) is 0 Å². The van der Waals surface area contributed by atoms with Gasteiger partial charge in [-0.15, -0.1) is 0 Å². The molecule has 0 bridgehead atoms. The molecule has 2 aromatic carbocycles. The minimum Gasteiger partial charge on any atom is -0.496 e. The first kappa shape index (κ1) is 24.1. The lowest BCUT2D eigenvalue weighted by Gasteiger charge is -2.41. The lowest BCUT2D eigenvalue weighted by molar-refractivity contribution is 0.0932. The van der Waals surface area contributed by atoms with Crippen LogP contribution in [0.4, 0.5) is 4.79 Å². The summed E-state index contributed by atoms with van der Waals surface area (Å²) in [6.45, 7) is 2.47. The number of ether oxygens (including phenoxy) is 2. The Labute approximate surface area is 194 Å². The summed E-state index contributed by atoms with van der Waals surface area (Å²) in [6.07, 6.45) is 2.61. The molecule has 1 saturated carbocycles. The lowest BCUT2D eigenvalue weighted by Crippen LogP contribution is -2.50. The van der Waals surface area contributed by atoms with E-state index >= 15 is 0 Å². The van der Waals surface area contributed by atoms with E-state index in [2.05, 4.69) is 28.1 Å². The minimum atomic E-state index is -0.636. The van der Waals surface area contributed by atoms with Crippen LogP contribution in [0.2, 0.25) is 0 Å². The van der Waals surface area contributed by atoms with Crippen LogP contribution < -0.4 is 20.7 Å². The Balaban J connectivity index is 1.66. The number of nitrogens with one attached hydrogen (secondary N) is 4. The van der Waals surface area contributed by atoms with Crippen molar-refractivity contribution in [3.8, 4) is 5.75 Å². The van der Waals surface area contributed by atoms with Crippen LogP contribution in [0.5, 0.6) is 5.75 Å². The summed E-state index contributed by atoms with van der Waals surface area (Å²) in [5.41, 5.74) is 1.48. The molecule has 0 heterocycles. The average molecular weight is 453 g/mol. The van der Waals surface area contributed by atoms with Crippen LogP contribution in [0.15, 0.2) is 54.6 Å². The first-order valence-corrected chi connectivity index (χ1v) is 11.2. The molecule has 2 aromatic rings. The second-order valence-corrected chi connectivity index (χ2v) is 8.17. The minimum absolute atomic E-state index is 0.0567. The van der Waals surface area contributed by atoms with Crippen molar-refractivity contribution >= 4 is 18.0 Å². The van der Waals surface area contributed by atoms with Gasteiger partial charge in [-0.3, -0.25) is 15.5 Å². The summed E-state index contributed by atoms with van der Waals surface area (Å²) < 4.78 is 10.2. The third-order valence-electron chi connectivity index (χ3n) is 6.12. The first-order chi connectivity index (χ1) is 16.0. The summed E-state index contributed by atoms with van der Waals surface area (Å²) in [4.78, 5) is 24.5. The fourth-order valence-electron chi connectivity index (χ4n) is 4.36. The number of carbonyl (C=O) groups excluding carboxylic acids is 2. The van der Waals surface area contributed by atoms with E-state index in [4.69, 9.17) is 14.9 Å². The van der Waals surface area contributed by atoms with Crippen LogP contribution >= 0.6 is 0 Å². The molecular formula is C25H32N4O4. The zero-order valence-corrected chi connectivity index (χ0v) is 19.1. The zero-order chi connectivity index (χ0) is 23.7. The van der Waals surface area contributed by atoms with Gasteiger partial charge in [0.05, 0.1) is 19.3 Å². The van der Waals surface area contributed by atoms with Crippen LogP contribution in [0.3, 0.4) is 0 Å². The van der Waals surface area contributed by atoms with Crippen LogP contribution in [0, 0.1) is 5.41 Å². The molecule has 0 aromatic heterocycles. The monoisotopic (exact) mass is 452 g/mol. The molecule has 33 heavy (non-hydrogen) atoms. The predicted octanol–water partition coefficient (Wildman–Crippen LogP) is 3.58. The van der Waals surface area contributed by atoms with E-state index in [9.17, 15) is 9.59 Å². The third-order valence-corrected chi connectivity index (χ3v) is 6.12. The number of rotatable bonds is 7. The van der Waals surface area contributed by atoms with Crippen LogP contribution in [-0.2, 0) is 10.2 Å². The molecule has 2 amide bonds. The van der Waals surface area contributed by atoms with Crippen LogP contribution in [-0.4, -0.2) is 44.3 Å². The van der Waals surface area contributed by atoms with Crippen molar-refractivity contribution in [3.05, 3.63) is 65.7 Å². The van der Waals surface area contributed by atoms with Crippen molar-refractivity contribution in [2.45, 2.75) is 44.1 Å². The molecule has 0 saturated heterocycles. The van der Waals surface area contributed by atoms with E-state index in [0.29, 0.717) is 17.9 Å². The SMILES string of the molecule is CCOC(=O)NC(=N)NC1CCC(CNC(=O)c2ccccc2OC)(c2ccccc2)CC1. The topological polar surface area (TPSA) is 113 Å². The number of hydrogen-bond acceptors (Lipinski definition) is 5. The highest BCUT2D eigenvalue weighted by molar-refractivity contribution is 5.97. The Morgan fingerprint density at radius 2 is 1.73 bits per heavy atom. The van der Waals surface area contributed by atoms with Crippen molar-refractivity contribution in [1.82, 2.24) is 16.0 Å². The molecule has 1 aliphatic rings. The zero-order valence-electron chi connectivity index (χ0n) is 19.1. The largest absolute Gasteiger partial charge is 0.496 e. The number of para-hydroxylation sites is 1. The summed E-state index contributed by atoms with van der Waals surface area (Å²) in [6, 6.07) is 17.5. The molecule has 8 heteroatoms. The predicted molar refractivity (Wildman–Crippen MR) is 127 cm³/mol. The molecule has 3 rings (SSSR count). The number of alkyl carbamates (subject to hydrolysis) is 1. The van der Waals surface area contributed by atoms with Crippen molar-refractivity contribution in [2.75, 3.05) is 20.3 Å². The molecule has 0 radical (unpaired) electrons. The van der Waals surface area contributed by atoms with Gasteiger partial charge >= 0.3 is 6.09 Å². The van der Waals surface area contributed by atoms with Gasteiger partial charge in [-0.05, 0) is 50.3 Å². The molecule has 0 atom stereocenters. The number of amides is 2. The number of benzene rings is 2. The Morgan fingerprint density at radius 3 is 2.39 bits per heavy atom. The quantitative estimate of drug-likeness (QED) is 0.379. The maximum Gasteiger partial charge on any atom is 0.413 e. The smallest absolute Gasteiger partial charge is 0.413 e. The highest BCUT2D eigenvalue weighted by atomic mass is 16.5. The highest BCUT2D eigenvalue weighted by Gasteiger charge is 2.37. The van der Waals surface area contributed by atoms with E-state index in [1.807, 2.05) is 30.3 Å². The summed E-state index contributed by atoms with van der Waals surface area (Å²) in [5.74, 6) is 0.322. The standard InChI is InChI=1S/C25H32N4O4/c1-3-33-24(31)29-23(26)28-19-13-15-25(16-14-19,18-9-5-4-6-10-18)17-27-22(30)20-11-7-8-12-21(20)32-2/h4-12,19H,3,13-17H2,1-2H3,(H,27,30)(H3,26,28,29,31). The normalized spacial score (nSPS) is 19.8. The Morgan fingerprint density at radius 1 is 1.06 bits per heavy atom. The Bertz CT molecular complexity index is 956. The first-order valence-electron chi connectivity index (χ1n) is 11.2. The summed E-state index contributed by atoms with van der Waals surface area (Å²) in [7, 11) is 1.56. The molecular weight excluding hydrogens is 420 g/mol. The van der Waals surface area contributed by atoms with E-state index in [-0.39, 0.29) is 29.9 Å². The highest BCUT2D eigenvalue weighted by Crippen LogP contribution is 2.39. The Kier molecular flexibility index (Phi) is 8.29. The number of methoxy groups -OCH3 is 1. The van der Waals surface area contributed by atoms with Gasteiger partial charge in [-0.25, -0.2) is 4.79 Å². The second kappa shape index (κ2) is 11.4. The van der Waals surface area contributed by atoms with Crippen LogP contribution in [0.1, 0.15) is 48.5 Å². The van der Waals surface area contributed by atoms with Crippen molar-refractivity contribution < 1.29 is 19.1 Å². The maximum atomic E-state index is 12.9. The molecule has 8 nitrogen and oxygen atoms in total. The maximum absolute atomic E-state index is 12.9.